The molecule has 0 unspecified atom stereocenters. The summed E-state index contributed by atoms with van der Waals surface area (Å²) < 4.78 is 7.17. The van der Waals surface area contributed by atoms with Crippen LogP contribution in [0, 0.1) is 0 Å². The van der Waals surface area contributed by atoms with Crippen LogP contribution in [0.5, 0.6) is 5.75 Å². The van der Waals surface area contributed by atoms with Crippen molar-refractivity contribution < 1.29 is 9.53 Å². The molecule has 0 saturated heterocycles. The van der Waals surface area contributed by atoms with Crippen LogP contribution in [0.3, 0.4) is 0 Å². The Bertz CT molecular complexity index is 1340. The van der Waals surface area contributed by atoms with E-state index >= 15 is 0 Å². The van der Waals surface area contributed by atoms with Gasteiger partial charge in [-0.15, -0.1) is 11.3 Å². The number of thiophene rings is 1. The van der Waals surface area contributed by atoms with Gasteiger partial charge in [-0.1, -0.05) is 18.2 Å². The second kappa shape index (κ2) is 7.67. The van der Waals surface area contributed by atoms with Crippen molar-refractivity contribution in [2.24, 2.45) is 0 Å². The molecule has 0 bridgehead atoms. The highest BCUT2D eigenvalue weighted by Gasteiger charge is 2.30. The lowest BCUT2D eigenvalue weighted by Crippen LogP contribution is -2.39. The van der Waals surface area contributed by atoms with Crippen molar-refractivity contribution in [1.29, 1.82) is 0 Å². The van der Waals surface area contributed by atoms with Crippen LogP contribution in [0.2, 0.25) is 0 Å². The van der Waals surface area contributed by atoms with Gasteiger partial charge in [0.1, 0.15) is 17.0 Å². The third-order valence-corrected chi connectivity index (χ3v) is 6.82. The van der Waals surface area contributed by atoms with Crippen molar-refractivity contribution in [3.8, 4) is 16.2 Å². The van der Waals surface area contributed by atoms with Crippen LogP contribution >= 0.6 is 11.3 Å². The summed E-state index contributed by atoms with van der Waals surface area (Å²) in [5.74, 6) is 0.675. The standard InChI is InChI=1S/C24H21N3O3S/c1-15-11-17-5-3-4-6-20(17)27(15)22(28)13-26-14-25-19-12-21(31-23(19)24(26)29)16-7-9-18(30-2)10-8-16/h3-10,12,14-15H,11,13H2,1-2H3/t15-/m1/s1. The van der Waals surface area contributed by atoms with Crippen LogP contribution in [0.1, 0.15) is 12.5 Å². The first-order valence-corrected chi connectivity index (χ1v) is 10.9. The van der Waals surface area contributed by atoms with Crippen molar-refractivity contribution in [1.82, 2.24) is 9.55 Å². The molecule has 2 aromatic carbocycles. The number of methoxy groups -OCH3 is 1. The first-order chi connectivity index (χ1) is 15.0. The Morgan fingerprint density at radius 3 is 2.74 bits per heavy atom. The van der Waals surface area contributed by atoms with Gasteiger partial charge in [0, 0.05) is 16.6 Å². The Hall–Kier alpha value is -3.45. The second-order valence-electron chi connectivity index (χ2n) is 7.68. The van der Waals surface area contributed by atoms with Gasteiger partial charge in [-0.05, 0) is 60.9 Å². The third-order valence-electron chi connectivity index (χ3n) is 5.66. The van der Waals surface area contributed by atoms with Crippen molar-refractivity contribution >= 4 is 33.1 Å². The van der Waals surface area contributed by atoms with E-state index in [-0.39, 0.29) is 24.1 Å². The largest absolute Gasteiger partial charge is 0.497 e. The highest BCUT2D eigenvalue weighted by molar-refractivity contribution is 7.22. The molecule has 1 atom stereocenters. The van der Waals surface area contributed by atoms with Gasteiger partial charge in [-0.3, -0.25) is 14.2 Å². The van der Waals surface area contributed by atoms with Gasteiger partial charge in [0.2, 0.25) is 5.91 Å². The lowest BCUT2D eigenvalue weighted by atomic mass is 10.1. The molecule has 2 aromatic heterocycles. The number of carbonyl (C=O) groups excluding carboxylic acids is 1. The molecule has 1 aliphatic heterocycles. The first-order valence-electron chi connectivity index (χ1n) is 10.1. The van der Waals surface area contributed by atoms with Crippen molar-refractivity contribution in [3.05, 3.63) is 76.8 Å². The molecule has 0 aliphatic carbocycles. The zero-order chi connectivity index (χ0) is 21.5. The summed E-state index contributed by atoms with van der Waals surface area (Å²) in [4.78, 5) is 33.4. The van der Waals surface area contributed by atoms with Gasteiger partial charge in [-0.25, -0.2) is 4.98 Å². The summed E-state index contributed by atoms with van der Waals surface area (Å²) in [6.45, 7) is 2.00. The summed E-state index contributed by atoms with van der Waals surface area (Å²) >= 11 is 1.39. The molecule has 0 radical (unpaired) electrons. The highest BCUT2D eigenvalue weighted by Crippen LogP contribution is 2.33. The molecule has 156 valence electrons. The Kier molecular flexibility index (Phi) is 4.82. The van der Waals surface area contributed by atoms with E-state index in [0.29, 0.717) is 10.2 Å². The number of benzene rings is 2. The quantitative estimate of drug-likeness (QED) is 0.488. The smallest absolute Gasteiger partial charge is 0.271 e. The first kappa shape index (κ1) is 19.5. The number of rotatable bonds is 4. The molecule has 0 saturated carbocycles. The Balaban J connectivity index is 1.45. The van der Waals surface area contributed by atoms with E-state index in [0.717, 1.165) is 33.9 Å². The zero-order valence-electron chi connectivity index (χ0n) is 17.2. The molecule has 7 heteroatoms. The summed E-state index contributed by atoms with van der Waals surface area (Å²) in [7, 11) is 1.63. The molecule has 5 rings (SSSR count). The van der Waals surface area contributed by atoms with Crippen molar-refractivity contribution in [3.63, 3.8) is 0 Å². The van der Waals surface area contributed by atoms with Gasteiger partial charge in [0.05, 0.1) is 19.0 Å². The van der Waals surface area contributed by atoms with E-state index in [9.17, 15) is 9.59 Å². The molecule has 1 aliphatic rings. The van der Waals surface area contributed by atoms with Crippen LogP contribution in [0.15, 0.2) is 65.7 Å². The molecular weight excluding hydrogens is 410 g/mol. The van der Waals surface area contributed by atoms with Crippen LogP contribution in [-0.2, 0) is 17.8 Å². The fourth-order valence-corrected chi connectivity index (χ4v) is 5.19. The Morgan fingerprint density at radius 1 is 1.19 bits per heavy atom. The topological polar surface area (TPSA) is 64.4 Å². The summed E-state index contributed by atoms with van der Waals surface area (Å²) in [5.41, 5.74) is 3.53. The Labute approximate surface area is 183 Å². The minimum absolute atomic E-state index is 0.0315. The minimum atomic E-state index is -0.191. The molecule has 0 spiro atoms. The average molecular weight is 432 g/mol. The number of fused-ring (bicyclic) bond motifs is 2. The van der Waals surface area contributed by atoms with E-state index in [4.69, 9.17) is 4.74 Å². The number of carbonyl (C=O) groups is 1. The number of aromatic nitrogens is 2. The summed E-state index contributed by atoms with van der Waals surface area (Å²) in [6, 6.07) is 17.6. The number of hydrogen-bond acceptors (Lipinski definition) is 5. The van der Waals surface area contributed by atoms with Gasteiger partial charge >= 0.3 is 0 Å². The molecule has 6 nitrogen and oxygen atoms in total. The second-order valence-corrected chi connectivity index (χ2v) is 8.73. The number of nitrogens with zero attached hydrogens (tertiary/aromatic N) is 3. The predicted octanol–water partition coefficient (Wildman–Crippen LogP) is 4.11. The van der Waals surface area contributed by atoms with Gasteiger partial charge < -0.3 is 9.64 Å². The summed E-state index contributed by atoms with van der Waals surface area (Å²) in [6.07, 6.45) is 2.30. The normalized spacial score (nSPS) is 15.3. The minimum Gasteiger partial charge on any atom is -0.497 e. The molecule has 0 N–H and O–H groups in total. The predicted molar refractivity (Wildman–Crippen MR) is 123 cm³/mol. The lowest BCUT2D eigenvalue weighted by Gasteiger charge is -2.23. The van der Waals surface area contributed by atoms with E-state index in [1.807, 2.05) is 61.5 Å². The summed E-state index contributed by atoms with van der Waals surface area (Å²) in [5, 5.41) is 0. The fraction of sp³-hybridized carbons (Fsp3) is 0.208. The maximum absolute atomic E-state index is 13.1. The highest BCUT2D eigenvalue weighted by atomic mass is 32.1. The van der Waals surface area contributed by atoms with Gasteiger partial charge in [0.25, 0.3) is 5.56 Å². The molecule has 4 aromatic rings. The van der Waals surface area contributed by atoms with Crippen LogP contribution in [-0.4, -0.2) is 28.6 Å². The number of para-hydroxylation sites is 1. The maximum atomic E-state index is 13.1. The van der Waals surface area contributed by atoms with E-state index in [1.54, 1.807) is 12.0 Å². The average Bonchev–Trinajstić information content (AvgIpc) is 3.36. The molecule has 31 heavy (non-hydrogen) atoms. The number of anilines is 1. The molecule has 1 amide bonds. The Morgan fingerprint density at radius 2 is 1.97 bits per heavy atom. The van der Waals surface area contributed by atoms with Gasteiger partial charge in [0.15, 0.2) is 0 Å². The van der Waals surface area contributed by atoms with E-state index in [1.165, 1.54) is 22.2 Å². The number of ether oxygens (including phenoxy) is 1. The fourth-order valence-electron chi connectivity index (χ4n) is 4.12. The third kappa shape index (κ3) is 3.41. The number of amides is 1. The maximum Gasteiger partial charge on any atom is 0.271 e. The SMILES string of the molecule is COc1ccc(-c2cc3ncn(CC(=O)N4c5ccccc5C[C@H]4C)c(=O)c3s2)cc1. The molecule has 3 heterocycles. The van der Waals surface area contributed by atoms with E-state index in [2.05, 4.69) is 4.98 Å². The van der Waals surface area contributed by atoms with Crippen molar-refractivity contribution in [2.75, 3.05) is 12.0 Å². The monoisotopic (exact) mass is 431 g/mol. The van der Waals surface area contributed by atoms with Crippen LogP contribution < -0.4 is 15.2 Å². The van der Waals surface area contributed by atoms with Crippen molar-refractivity contribution in [2.45, 2.75) is 25.9 Å². The molecular formula is C24H21N3O3S. The van der Waals surface area contributed by atoms with Crippen LogP contribution in [0.25, 0.3) is 20.7 Å². The lowest BCUT2D eigenvalue weighted by molar-refractivity contribution is -0.119. The van der Waals surface area contributed by atoms with Crippen LogP contribution in [0.4, 0.5) is 5.69 Å². The molecule has 0 fully saturated rings. The zero-order valence-corrected chi connectivity index (χ0v) is 18.1. The van der Waals surface area contributed by atoms with E-state index < -0.39 is 0 Å². The van der Waals surface area contributed by atoms with Gasteiger partial charge in [-0.2, -0.15) is 0 Å². The number of hydrogen-bond donors (Lipinski definition) is 0.